The van der Waals surface area contributed by atoms with E-state index >= 15 is 0 Å². The molecule has 0 atom stereocenters. The van der Waals surface area contributed by atoms with E-state index in [0.717, 1.165) is 42.4 Å². The van der Waals surface area contributed by atoms with E-state index in [4.69, 9.17) is 11.6 Å². The zero-order valence-electron chi connectivity index (χ0n) is 25.1. The van der Waals surface area contributed by atoms with Crippen molar-refractivity contribution in [3.63, 3.8) is 0 Å². The Kier molecular flexibility index (Phi) is 9.74. The van der Waals surface area contributed by atoms with Crippen LogP contribution in [0.3, 0.4) is 0 Å². The maximum Gasteiger partial charge on any atom is 0.254 e. The number of nitrogens with zero attached hydrogens (tertiary/aromatic N) is 2. The average Bonchev–Trinajstić information content (AvgIpc) is 3.56. The van der Waals surface area contributed by atoms with Crippen LogP contribution in [-0.2, 0) is 0 Å². The number of aryl methyl sites for hydroxylation is 1. The lowest BCUT2D eigenvalue weighted by molar-refractivity contribution is 0.0817. The Labute approximate surface area is 270 Å². The standard InChI is InChI=1S/C18H18N2OS.C17H15ClN2OS/c1-12-17(13-8-4-6-10-15(13)19-12)22-16-11-7-5-9-14(16)18(21)20(2)3;1-20(2)17(21)13-5-3-4-6-15(13)22-16-10-19-14-9-11(18)7-8-12(14)16/h4-11,19H,1-3H3;3-10,19H,1-2H3. The molecule has 4 aromatic carbocycles. The summed E-state index contributed by atoms with van der Waals surface area (Å²) in [4.78, 5) is 38.6. The molecule has 2 aromatic heterocycles. The number of hydrogen-bond donors (Lipinski definition) is 2. The molecule has 6 rings (SSSR count). The first-order chi connectivity index (χ1) is 21.1. The number of nitrogens with one attached hydrogen (secondary N) is 2. The summed E-state index contributed by atoms with van der Waals surface area (Å²) in [6.45, 7) is 2.07. The first-order valence-corrected chi connectivity index (χ1v) is 16.0. The number of aromatic nitrogens is 2. The maximum atomic E-state index is 12.3. The smallest absolute Gasteiger partial charge is 0.254 e. The molecule has 0 bridgehead atoms. The zero-order valence-corrected chi connectivity index (χ0v) is 27.5. The van der Waals surface area contributed by atoms with Crippen molar-refractivity contribution in [2.75, 3.05) is 28.2 Å². The topological polar surface area (TPSA) is 72.2 Å². The van der Waals surface area contributed by atoms with Crippen LogP contribution >= 0.6 is 35.1 Å². The number of para-hydroxylation sites is 1. The molecular weight excluding hydrogens is 608 g/mol. The summed E-state index contributed by atoms with van der Waals surface area (Å²) < 4.78 is 0. The van der Waals surface area contributed by atoms with Crippen molar-refractivity contribution in [1.82, 2.24) is 19.8 Å². The second-order valence-electron chi connectivity index (χ2n) is 10.6. The molecule has 44 heavy (non-hydrogen) atoms. The van der Waals surface area contributed by atoms with E-state index in [0.29, 0.717) is 10.6 Å². The van der Waals surface area contributed by atoms with Crippen LogP contribution in [0.4, 0.5) is 0 Å². The fourth-order valence-corrected chi connectivity index (χ4v) is 7.06. The Balaban J connectivity index is 0.000000175. The third-order valence-electron chi connectivity index (χ3n) is 6.92. The SMILES string of the molecule is CN(C)C(=O)c1ccccc1Sc1c[nH]c2cc(Cl)ccc12.Cc1[nH]c2ccccc2c1Sc1ccccc1C(=O)N(C)C. The minimum Gasteiger partial charge on any atom is -0.360 e. The Hall–Kier alpha value is -4.11. The molecule has 0 fully saturated rings. The molecule has 0 radical (unpaired) electrons. The van der Waals surface area contributed by atoms with Gasteiger partial charge in [-0.25, -0.2) is 0 Å². The molecule has 0 unspecified atom stereocenters. The Morgan fingerprint density at radius 1 is 0.659 bits per heavy atom. The van der Waals surface area contributed by atoms with Crippen molar-refractivity contribution in [3.05, 3.63) is 119 Å². The monoisotopic (exact) mass is 640 g/mol. The van der Waals surface area contributed by atoms with Crippen molar-refractivity contribution in [2.24, 2.45) is 0 Å². The predicted octanol–water partition coefficient (Wildman–Crippen LogP) is 9.00. The van der Waals surface area contributed by atoms with Crippen molar-refractivity contribution in [2.45, 2.75) is 26.5 Å². The number of amides is 2. The molecule has 0 saturated heterocycles. The van der Waals surface area contributed by atoms with Crippen LogP contribution in [0.2, 0.25) is 5.02 Å². The lowest BCUT2D eigenvalue weighted by Crippen LogP contribution is -2.22. The highest BCUT2D eigenvalue weighted by molar-refractivity contribution is 8.00. The van der Waals surface area contributed by atoms with Crippen LogP contribution in [0, 0.1) is 6.92 Å². The first-order valence-electron chi connectivity index (χ1n) is 13.9. The molecule has 2 amide bonds. The molecule has 6 nitrogen and oxygen atoms in total. The Morgan fingerprint density at radius 3 is 1.86 bits per heavy atom. The largest absolute Gasteiger partial charge is 0.360 e. The second kappa shape index (κ2) is 13.7. The molecule has 0 aliphatic rings. The van der Waals surface area contributed by atoms with Gasteiger partial charge in [-0.1, -0.05) is 83.7 Å². The van der Waals surface area contributed by atoms with Crippen LogP contribution in [-0.4, -0.2) is 59.8 Å². The van der Waals surface area contributed by atoms with E-state index in [1.807, 2.05) is 85.1 Å². The normalized spacial score (nSPS) is 10.9. The number of aromatic amines is 2. The van der Waals surface area contributed by atoms with E-state index in [2.05, 4.69) is 29.0 Å². The zero-order chi connectivity index (χ0) is 31.4. The molecule has 2 N–H and O–H groups in total. The van der Waals surface area contributed by atoms with E-state index in [-0.39, 0.29) is 11.8 Å². The van der Waals surface area contributed by atoms with Gasteiger partial charge in [-0.15, -0.1) is 0 Å². The number of hydrogen-bond acceptors (Lipinski definition) is 4. The van der Waals surface area contributed by atoms with Gasteiger partial charge in [0.15, 0.2) is 0 Å². The van der Waals surface area contributed by atoms with Gasteiger partial charge in [0.05, 0.1) is 11.1 Å². The average molecular weight is 641 g/mol. The lowest BCUT2D eigenvalue weighted by atomic mass is 10.2. The van der Waals surface area contributed by atoms with Gasteiger partial charge in [-0.2, -0.15) is 0 Å². The van der Waals surface area contributed by atoms with Crippen molar-refractivity contribution < 1.29 is 9.59 Å². The Bertz CT molecular complexity index is 1960. The van der Waals surface area contributed by atoms with E-state index in [1.165, 1.54) is 10.3 Å². The summed E-state index contributed by atoms with van der Waals surface area (Å²) in [7, 11) is 7.08. The minimum absolute atomic E-state index is 0.00554. The van der Waals surface area contributed by atoms with Gasteiger partial charge in [0.1, 0.15) is 0 Å². The molecule has 9 heteroatoms. The van der Waals surface area contributed by atoms with Crippen LogP contribution in [0.5, 0.6) is 0 Å². The van der Waals surface area contributed by atoms with E-state index in [9.17, 15) is 9.59 Å². The molecule has 6 aromatic rings. The summed E-state index contributed by atoms with van der Waals surface area (Å²) in [6.07, 6.45) is 1.95. The summed E-state index contributed by atoms with van der Waals surface area (Å²) >= 11 is 9.24. The molecule has 0 saturated carbocycles. The van der Waals surface area contributed by atoms with Crippen molar-refractivity contribution in [3.8, 4) is 0 Å². The first kappa shape index (κ1) is 31.3. The van der Waals surface area contributed by atoms with Crippen LogP contribution < -0.4 is 0 Å². The van der Waals surface area contributed by atoms with Crippen LogP contribution in [0.15, 0.2) is 117 Å². The van der Waals surface area contributed by atoms with Crippen molar-refractivity contribution >= 4 is 68.7 Å². The lowest BCUT2D eigenvalue weighted by Gasteiger charge is -2.13. The predicted molar refractivity (Wildman–Crippen MR) is 184 cm³/mol. The van der Waals surface area contributed by atoms with Crippen LogP contribution in [0.1, 0.15) is 26.4 Å². The highest BCUT2D eigenvalue weighted by atomic mass is 35.5. The quantitative estimate of drug-likeness (QED) is 0.191. The van der Waals surface area contributed by atoms with Gasteiger partial charge in [0, 0.05) is 86.5 Å². The summed E-state index contributed by atoms with van der Waals surface area (Å²) in [5.41, 5.74) is 4.69. The number of rotatable bonds is 6. The number of fused-ring (bicyclic) bond motifs is 2. The van der Waals surface area contributed by atoms with Gasteiger partial charge in [0.25, 0.3) is 11.8 Å². The summed E-state index contributed by atoms with van der Waals surface area (Å²) in [5.74, 6) is 0.0339. The third kappa shape index (κ3) is 6.83. The van der Waals surface area contributed by atoms with Gasteiger partial charge in [-0.05, 0) is 49.4 Å². The summed E-state index contributed by atoms with van der Waals surface area (Å²) in [5, 5.41) is 2.99. The van der Waals surface area contributed by atoms with Gasteiger partial charge >= 0.3 is 0 Å². The highest BCUT2D eigenvalue weighted by Crippen LogP contribution is 2.38. The number of H-pyrrole nitrogens is 2. The van der Waals surface area contributed by atoms with Gasteiger partial charge < -0.3 is 19.8 Å². The Morgan fingerprint density at radius 2 is 1.23 bits per heavy atom. The fraction of sp³-hybridized carbons (Fsp3) is 0.143. The molecule has 0 aliphatic heterocycles. The second-order valence-corrected chi connectivity index (χ2v) is 13.1. The van der Waals surface area contributed by atoms with Crippen LogP contribution in [0.25, 0.3) is 21.8 Å². The van der Waals surface area contributed by atoms with E-state index < -0.39 is 0 Å². The maximum absolute atomic E-state index is 12.3. The van der Waals surface area contributed by atoms with E-state index in [1.54, 1.807) is 61.5 Å². The summed E-state index contributed by atoms with van der Waals surface area (Å²) in [6, 6.07) is 29.4. The molecule has 224 valence electrons. The fourth-order valence-electron chi connectivity index (χ4n) is 4.71. The number of carbonyl (C=O) groups excluding carboxylic acids is 2. The number of halogens is 1. The number of carbonyl (C=O) groups is 2. The minimum atomic E-state index is 0.00554. The number of benzene rings is 4. The highest BCUT2D eigenvalue weighted by Gasteiger charge is 2.17. The molecule has 0 aliphatic carbocycles. The molecule has 2 heterocycles. The third-order valence-corrected chi connectivity index (χ3v) is 9.59. The molecular formula is C35H33ClN4O2S2. The molecule has 0 spiro atoms. The van der Waals surface area contributed by atoms with Gasteiger partial charge in [-0.3, -0.25) is 9.59 Å². The van der Waals surface area contributed by atoms with Gasteiger partial charge in [0.2, 0.25) is 0 Å². The van der Waals surface area contributed by atoms with Crippen molar-refractivity contribution in [1.29, 1.82) is 0 Å².